The molecule has 134 valence electrons. The number of hydrogen-bond donors (Lipinski definition) is 0. The Morgan fingerprint density at radius 1 is 1.28 bits per heavy atom. The van der Waals surface area contributed by atoms with Gasteiger partial charge in [0.25, 0.3) is 11.1 Å². The highest BCUT2D eigenvalue weighted by Crippen LogP contribution is 2.37. The minimum absolute atomic E-state index is 0.256. The maximum Gasteiger partial charge on any atom is 0.343 e. The van der Waals surface area contributed by atoms with Gasteiger partial charge in [-0.3, -0.25) is 14.5 Å². The molecule has 0 unspecified atom stereocenters. The van der Waals surface area contributed by atoms with E-state index in [1.807, 2.05) is 0 Å². The number of thioether (sulfide) groups is 1. The van der Waals surface area contributed by atoms with Gasteiger partial charge < -0.3 is 14.2 Å². The summed E-state index contributed by atoms with van der Waals surface area (Å²) in [6.45, 7) is 1.81. The number of carbonyl (C=O) groups is 3. The first-order valence-corrected chi connectivity index (χ1v) is 8.84. The first-order valence-electron chi connectivity index (χ1n) is 7.23. The normalized spacial score (nSPS) is 15.7. The van der Waals surface area contributed by atoms with Gasteiger partial charge in [-0.25, -0.2) is 4.79 Å². The van der Waals surface area contributed by atoms with Crippen molar-refractivity contribution in [2.24, 2.45) is 0 Å². The molecule has 1 aliphatic heterocycles. The van der Waals surface area contributed by atoms with Crippen molar-refractivity contribution in [3.8, 4) is 11.5 Å². The number of methoxy groups -OCH3 is 2. The van der Waals surface area contributed by atoms with Crippen LogP contribution in [0.4, 0.5) is 4.79 Å². The van der Waals surface area contributed by atoms with E-state index in [1.165, 1.54) is 19.1 Å². The van der Waals surface area contributed by atoms with Crippen molar-refractivity contribution in [2.45, 2.75) is 6.92 Å². The molecule has 0 N–H and O–H groups in total. The van der Waals surface area contributed by atoms with Crippen molar-refractivity contribution in [3.63, 3.8) is 0 Å². The molecule has 1 aliphatic rings. The van der Waals surface area contributed by atoms with Crippen LogP contribution < -0.4 is 9.47 Å². The number of benzene rings is 1. The third kappa shape index (κ3) is 4.35. The summed E-state index contributed by atoms with van der Waals surface area (Å²) in [6.07, 6.45) is 1.61. The molecule has 0 bridgehead atoms. The Bertz CT molecular complexity index is 748. The van der Waals surface area contributed by atoms with Crippen molar-refractivity contribution in [3.05, 3.63) is 27.1 Å². The molecule has 1 saturated heterocycles. The van der Waals surface area contributed by atoms with Gasteiger partial charge in [-0.2, -0.15) is 0 Å². The smallest absolute Gasteiger partial charge is 0.343 e. The van der Waals surface area contributed by atoms with Crippen molar-refractivity contribution in [1.29, 1.82) is 0 Å². The van der Waals surface area contributed by atoms with Crippen LogP contribution in [0.2, 0.25) is 0 Å². The fourth-order valence-electron chi connectivity index (χ4n) is 2.04. The third-order valence-corrected chi connectivity index (χ3v) is 4.93. The summed E-state index contributed by atoms with van der Waals surface area (Å²) >= 11 is 4.28. The molecule has 25 heavy (non-hydrogen) atoms. The van der Waals surface area contributed by atoms with Crippen molar-refractivity contribution >= 4 is 50.9 Å². The molecule has 0 spiro atoms. The van der Waals surface area contributed by atoms with Gasteiger partial charge in [-0.15, -0.1) is 0 Å². The topological polar surface area (TPSA) is 82.1 Å². The molecule has 1 aromatic carbocycles. The molecule has 7 nitrogen and oxygen atoms in total. The number of halogens is 1. The van der Waals surface area contributed by atoms with Crippen LogP contribution in [-0.4, -0.2) is 49.4 Å². The van der Waals surface area contributed by atoms with E-state index in [2.05, 4.69) is 20.7 Å². The second-order valence-corrected chi connectivity index (χ2v) is 6.66. The van der Waals surface area contributed by atoms with E-state index in [9.17, 15) is 14.4 Å². The van der Waals surface area contributed by atoms with Crippen molar-refractivity contribution < 1.29 is 28.6 Å². The molecule has 0 aromatic heterocycles. The van der Waals surface area contributed by atoms with Crippen LogP contribution in [0.1, 0.15) is 12.5 Å². The van der Waals surface area contributed by atoms with Gasteiger partial charge in [0, 0.05) is 11.0 Å². The van der Waals surface area contributed by atoms with Crippen LogP contribution in [0, 0.1) is 0 Å². The lowest BCUT2D eigenvalue weighted by Crippen LogP contribution is -2.27. The number of likely N-dealkylation sites (N-methyl/N-ethyl adjacent to an activating group) is 1. The van der Waals surface area contributed by atoms with Gasteiger partial charge in [0.15, 0.2) is 18.1 Å². The number of amides is 2. The van der Waals surface area contributed by atoms with Crippen molar-refractivity contribution in [1.82, 2.24) is 4.90 Å². The number of imide groups is 1. The molecule has 1 fully saturated rings. The van der Waals surface area contributed by atoms with E-state index < -0.39 is 5.97 Å². The molecule has 0 saturated carbocycles. The zero-order chi connectivity index (χ0) is 18.6. The van der Waals surface area contributed by atoms with E-state index in [-0.39, 0.29) is 17.8 Å². The van der Waals surface area contributed by atoms with Crippen LogP contribution in [0.15, 0.2) is 21.5 Å². The Kier molecular flexibility index (Phi) is 6.49. The molecule has 1 aromatic rings. The quantitative estimate of drug-likeness (QED) is 0.507. The van der Waals surface area contributed by atoms with Crippen LogP contribution in [0.3, 0.4) is 0 Å². The average molecular weight is 430 g/mol. The number of nitrogens with zero attached hydrogens (tertiary/aromatic N) is 1. The summed E-state index contributed by atoms with van der Waals surface area (Å²) in [5, 5.41) is -0.292. The molecule has 2 rings (SSSR count). The zero-order valence-corrected chi connectivity index (χ0v) is 16.2. The van der Waals surface area contributed by atoms with Gasteiger partial charge in [-0.1, -0.05) is 15.9 Å². The first-order chi connectivity index (χ1) is 11.9. The Balaban J connectivity index is 2.31. The monoisotopic (exact) mass is 429 g/mol. The summed E-state index contributed by atoms with van der Waals surface area (Å²) in [6, 6.07) is 3.27. The lowest BCUT2D eigenvalue weighted by molar-refractivity contribution is -0.142. The van der Waals surface area contributed by atoms with Crippen LogP contribution in [0.5, 0.6) is 11.5 Å². The average Bonchev–Trinajstić information content (AvgIpc) is 2.87. The standard InChI is InChI=1S/C16H16BrNO6S/c1-4-18-15(20)13(25-16(18)21)6-9-5-11(22-2)12(7-10(9)17)24-8-14(19)23-3/h5-7H,4,8H2,1-3H3/b13-6+. The van der Waals surface area contributed by atoms with E-state index in [0.29, 0.717) is 33.0 Å². The Morgan fingerprint density at radius 2 is 2.00 bits per heavy atom. The summed E-state index contributed by atoms with van der Waals surface area (Å²) in [4.78, 5) is 36.7. The predicted octanol–water partition coefficient (Wildman–Crippen LogP) is 3.07. The highest BCUT2D eigenvalue weighted by Gasteiger charge is 2.33. The molecular formula is C16H16BrNO6S. The lowest BCUT2D eigenvalue weighted by atomic mass is 10.2. The number of ether oxygens (including phenoxy) is 3. The molecule has 0 aliphatic carbocycles. The maximum absolute atomic E-state index is 12.2. The molecule has 1 heterocycles. The number of esters is 1. The van der Waals surface area contributed by atoms with Crippen LogP contribution >= 0.6 is 27.7 Å². The second kappa shape index (κ2) is 8.39. The van der Waals surface area contributed by atoms with E-state index in [0.717, 1.165) is 11.8 Å². The molecule has 2 amide bonds. The molecule has 0 atom stereocenters. The molecular weight excluding hydrogens is 414 g/mol. The van der Waals surface area contributed by atoms with Crippen LogP contribution in [-0.2, 0) is 14.3 Å². The summed E-state index contributed by atoms with van der Waals surface area (Å²) in [7, 11) is 2.73. The minimum Gasteiger partial charge on any atom is -0.493 e. The Morgan fingerprint density at radius 3 is 2.56 bits per heavy atom. The van der Waals surface area contributed by atoms with E-state index in [1.54, 1.807) is 25.1 Å². The summed E-state index contributed by atoms with van der Waals surface area (Å²) in [5.41, 5.74) is 0.642. The molecule has 0 radical (unpaired) electrons. The van der Waals surface area contributed by atoms with E-state index in [4.69, 9.17) is 9.47 Å². The number of rotatable bonds is 6. The maximum atomic E-state index is 12.2. The Labute approximate surface area is 157 Å². The van der Waals surface area contributed by atoms with Gasteiger partial charge in [-0.05, 0) is 42.5 Å². The predicted molar refractivity (Wildman–Crippen MR) is 96.6 cm³/mol. The number of carbonyl (C=O) groups excluding carboxylic acids is 3. The van der Waals surface area contributed by atoms with Gasteiger partial charge in [0.05, 0.1) is 19.1 Å². The van der Waals surface area contributed by atoms with E-state index >= 15 is 0 Å². The molecule has 9 heteroatoms. The fraction of sp³-hybridized carbons (Fsp3) is 0.312. The lowest BCUT2D eigenvalue weighted by Gasteiger charge is -2.12. The zero-order valence-electron chi connectivity index (χ0n) is 13.8. The van der Waals surface area contributed by atoms with Crippen LogP contribution in [0.25, 0.3) is 6.08 Å². The highest BCUT2D eigenvalue weighted by atomic mass is 79.9. The fourth-order valence-corrected chi connectivity index (χ4v) is 3.37. The number of hydrogen-bond acceptors (Lipinski definition) is 7. The van der Waals surface area contributed by atoms with Gasteiger partial charge in [0.1, 0.15) is 0 Å². The SMILES string of the molecule is CCN1C(=O)S/C(=C/c2cc(OC)c(OCC(=O)OC)cc2Br)C1=O. The highest BCUT2D eigenvalue weighted by molar-refractivity contribution is 9.10. The summed E-state index contributed by atoms with van der Waals surface area (Å²) in [5.74, 6) is -0.114. The van der Waals surface area contributed by atoms with Gasteiger partial charge in [0.2, 0.25) is 0 Å². The van der Waals surface area contributed by atoms with Crippen molar-refractivity contribution in [2.75, 3.05) is 27.4 Å². The second-order valence-electron chi connectivity index (χ2n) is 4.82. The minimum atomic E-state index is -0.518. The third-order valence-electron chi connectivity index (χ3n) is 3.33. The largest absolute Gasteiger partial charge is 0.493 e. The Hall–Kier alpha value is -2.00. The first kappa shape index (κ1) is 19.3. The van der Waals surface area contributed by atoms with Gasteiger partial charge >= 0.3 is 5.97 Å². The summed E-state index contributed by atoms with van der Waals surface area (Å²) < 4.78 is 15.8.